The lowest BCUT2D eigenvalue weighted by molar-refractivity contribution is 0.0258. The number of amides is 1. The van der Waals surface area contributed by atoms with E-state index in [2.05, 4.69) is 0 Å². The van der Waals surface area contributed by atoms with Gasteiger partial charge in [-0.3, -0.25) is 0 Å². The minimum absolute atomic E-state index is 0.324. The Morgan fingerprint density at radius 2 is 1.90 bits per heavy atom. The molecule has 0 spiro atoms. The molecule has 1 aliphatic rings. The van der Waals surface area contributed by atoms with Gasteiger partial charge in [-0.2, -0.15) is 0 Å². The number of aromatic carboxylic acids is 1. The van der Waals surface area contributed by atoms with Gasteiger partial charge in [-0.1, -0.05) is 23.7 Å². The van der Waals surface area contributed by atoms with Crippen LogP contribution in [0.25, 0.3) is 0 Å². The maximum absolute atomic E-state index is 14.0. The van der Waals surface area contributed by atoms with Crippen molar-refractivity contribution in [2.75, 3.05) is 13.1 Å². The third-order valence-electron chi connectivity index (χ3n) is 4.89. The van der Waals surface area contributed by atoms with E-state index in [0.29, 0.717) is 42.3 Å². The highest BCUT2D eigenvalue weighted by atomic mass is 35.5. The third kappa shape index (κ3) is 5.92. The molecule has 1 heterocycles. The normalized spacial score (nSPS) is 14.0. The zero-order valence-corrected chi connectivity index (χ0v) is 19.3. The van der Waals surface area contributed by atoms with Crippen molar-refractivity contribution in [1.82, 2.24) is 4.90 Å². The number of halogens is 2. The number of fused-ring (bicyclic) bond motifs is 1. The minimum Gasteiger partial charge on any atom is -0.478 e. The van der Waals surface area contributed by atoms with E-state index in [0.717, 1.165) is 16.0 Å². The van der Waals surface area contributed by atoms with Gasteiger partial charge in [-0.05, 0) is 68.5 Å². The summed E-state index contributed by atoms with van der Waals surface area (Å²) in [6.07, 6.45) is 1.01. The summed E-state index contributed by atoms with van der Waals surface area (Å²) in [4.78, 5) is 26.1. The molecule has 2 aromatic carbocycles. The van der Waals surface area contributed by atoms with Gasteiger partial charge < -0.3 is 14.7 Å². The molecular formula is C23H25ClFNO4S. The quantitative estimate of drug-likeness (QED) is 0.577. The van der Waals surface area contributed by atoms with Crippen molar-refractivity contribution in [3.8, 4) is 0 Å². The molecule has 3 rings (SSSR count). The zero-order chi connectivity index (χ0) is 22.8. The average molecular weight is 466 g/mol. The second-order valence-electron chi connectivity index (χ2n) is 8.39. The Bertz CT molecular complexity index is 1010. The summed E-state index contributed by atoms with van der Waals surface area (Å²) < 4.78 is 19.5. The molecule has 31 heavy (non-hydrogen) atoms. The van der Waals surface area contributed by atoms with E-state index >= 15 is 0 Å². The van der Waals surface area contributed by atoms with E-state index in [9.17, 15) is 14.0 Å². The predicted molar refractivity (Wildman–Crippen MR) is 120 cm³/mol. The molecule has 0 atom stereocenters. The average Bonchev–Trinajstić information content (AvgIpc) is 2.88. The van der Waals surface area contributed by atoms with Crippen molar-refractivity contribution in [3.63, 3.8) is 0 Å². The number of rotatable bonds is 4. The van der Waals surface area contributed by atoms with Crippen LogP contribution in [0.3, 0.4) is 0 Å². The number of benzene rings is 2. The molecule has 0 bridgehead atoms. The maximum Gasteiger partial charge on any atom is 0.410 e. The number of carboxylic acids is 1. The first-order valence-electron chi connectivity index (χ1n) is 9.98. The minimum atomic E-state index is -1.29. The summed E-state index contributed by atoms with van der Waals surface area (Å²) >= 11 is 7.97. The number of carbonyl (C=O) groups excluding carboxylic acids is 1. The number of thioether (sulfide) groups is 1. The SMILES string of the molecule is CC(C)(C)OC(=O)N1CCc2ccc(Cl)c(SCc3ccc(C(=O)O)c(F)c3)c2CC1. The van der Waals surface area contributed by atoms with E-state index in [-0.39, 0.29) is 11.7 Å². The predicted octanol–water partition coefficient (Wildman–Crippen LogP) is 5.81. The molecule has 5 nitrogen and oxygen atoms in total. The molecule has 1 aliphatic heterocycles. The van der Waals surface area contributed by atoms with E-state index < -0.39 is 17.4 Å². The topological polar surface area (TPSA) is 66.8 Å². The standard InChI is InChI=1S/C23H25ClFNO4S/c1-23(2,3)30-22(29)26-10-8-15-5-7-18(24)20(16(15)9-11-26)31-13-14-4-6-17(21(27)28)19(25)12-14/h4-7,12H,8-11,13H2,1-3H3,(H,27,28). The summed E-state index contributed by atoms with van der Waals surface area (Å²) in [6, 6.07) is 7.97. The summed E-state index contributed by atoms with van der Waals surface area (Å²) in [6.45, 7) is 6.63. The third-order valence-corrected chi connectivity index (χ3v) is 6.55. The number of ether oxygens (including phenoxy) is 1. The molecular weight excluding hydrogens is 441 g/mol. The van der Waals surface area contributed by atoms with Crippen LogP contribution < -0.4 is 0 Å². The number of nitrogens with zero attached hydrogens (tertiary/aromatic N) is 1. The molecule has 1 amide bonds. The molecule has 0 aromatic heterocycles. The Balaban J connectivity index is 1.76. The van der Waals surface area contributed by atoms with E-state index in [1.54, 1.807) is 11.0 Å². The van der Waals surface area contributed by atoms with Crippen molar-refractivity contribution < 1.29 is 23.8 Å². The van der Waals surface area contributed by atoms with Gasteiger partial charge in [0.2, 0.25) is 0 Å². The van der Waals surface area contributed by atoms with Crippen LogP contribution in [0.1, 0.15) is 47.8 Å². The van der Waals surface area contributed by atoms with Gasteiger partial charge in [-0.15, -0.1) is 11.8 Å². The Morgan fingerprint density at radius 3 is 2.55 bits per heavy atom. The van der Waals surface area contributed by atoms with E-state index in [1.807, 2.05) is 32.9 Å². The van der Waals surface area contributed by atoms with E-state index in [4.69, 9.17) is 21.4 Å². The van der Waals surface area contributed by atoms with Crippen LogP contribution in [0.2, 0.25) is 5.02 Å². The lowest BCUT2D eigenvalue weighted by Gasteiger charge is -2.26. The first kappa shape index (κ1) is 23.4. The molecule has 0 unspecified atom stereocenters. The second kappa shape index (κ2) is 9.49. The maximum atomic E-state index is 14.0. The molecule has 0 fully saturated rings. The molecule has 0 radical (unpaired) electrons. The fraction of sp³-hybridized carbons (Fsp3) is 0.391. The van der Waals surface area contributed by atoms with Gasteiger partial charge in [0.05, 0.1) is 10.6 Å². The van der Waals surface area contributed by atoms with Crippen molar-refractivity contribution in [3.05, 3.63) is 63.4 Å². The van der Waals surface area contributed by atoms with Crippen molar-refractivity contribution >= 4 is 35.4 Å². The highest BCUT2D eigenvalue weighted by molar-refractivity contribution is 7.98. The molecule has 0 aliphatic carbocycles. The van der Waals surface area contributed by atoms with Gasteiger partial charge >= 0.3 is 12.1 Å². The first-order valence-corrected chi connectivity index (χ1v) is 11.3. The molecule has 0 saturated heterocycles. The molecule has 166 valence electrons. The largest absolute Gasteiger partial charge is 0.478 e. The Morgan fingerprint density at radius 1 is 1.19 bits per heavy atom. The smallest absolute Gasteiger partial charge is 0.410 e. The van der Waals surface area contributed by atoms with Crippen LogP contribution >= 0.6 is 23.4 Å². The summed E-state index contributed by atoms with van der Waals surface area (Å²) in [5, 5.41) is 9.59. The fourth-order valence-corrected chi connectivity index (χ4v) is 4.85. The summed E-state index contributed by atoms with van der Waals surface area (Å²) in [5.74, 6) is -1.60. The van der Waals surface area contributed by atoms with Crippen LogP contribution in [0, 0.1) is 5.82 Å². The molecule has 1 N–H and O–H groups in total. The van der Waals surface area contributed by atoms with Gasteiger partial charge in [0.1, 0.15) is 11.4 Å². The number of carboxylic acid groups (broad SMARTS) is 1. The number of carbonyl (C=O) groups is 2. The van der Waals surface area contributed by atoms with Gasteiger partial charge in [-0.25, -0.2) is 14.0 Å². The van der Waals surface area contributed by atoms with Crippen molar-refractivity contribution in [2.45, 2.75) is 49.9 Å². The monoisotopic (exact) mass is 465 g/mol. The highest BCUT2D eigenvalue weighted by Crippen LogP contribution is 2.36. The van der Waals surface area contributed by atoms with Crippen LogP contribution in [-0.2, 0) is 23.3 Å². The lowest BCUT2D eigenvalue weighted by atomic mass is 10.0. The Hall–Kier alpha value is -2.25. The Labute approximate surface area is 190 Å². The second-order valence-corrected chi connectivity index (χ2v) is 9.78. The van der Waals surface area contributed by atoms with Crippen LogP contribution in [0.4, 0.5) is 9.18 Å². The lowest BCUT2D eigenvalue weighted by Crippen LogP contribution is -2.38. The zero-order valence-electron chi connectivity index (χ0n) is 17.7. The van der Waals surface area contributed by atoms with Gasteiger partial charge in [0.15, 0.2) is 0 Å². The number of hydrogen-bond acceptors (Lipinski definition) is 4. The van der Waals surface area contributed by atoms with E-state index in [1.165, 1.54) is 23.9 Å². The van der Waals surface area contributed by atoms with Gasteiger partial charge in [0.25, 0.3) is 0 Å². The van der Waals surface area contributed by atoms with Crippen LogP contribution in [0.5, 0.6) is 0 Å². The number of hydrogen-bond donors (Lipinski definition) is 1. The molecule has 2 aromatic rings. The van der Waals surface area contributed by atoms with Crippen molar-refractivity contribution in [1.29, 1.82) is 0 Å². The summed E-state index contributed by atoms with van der Waals surface area (Å²) in [5.41, 5.74) is 2.00. The fourth-order valence-electron chi connectivity index (χ4n) is 3.40. The van der Waals surface area contributed by atoms with Crippen LogP contribution in [0.15, 0.2) is 35.2 Å². The first-order chi connectivity index (χ1) is 14.5. The van der Waals surface area contributed by atoms with Crippen LogP contribution in [-0.4, -0.2) is 40.8 Å². The van der Waals surface area contributed by atoms with Gasteiger partial charge in [0, 0.05) is 23.7 Å². The summed E-state index contributed by atoms with van der Waals surface area (Å²) in [7, 11) is 0. The Kier molecular flexibility index (Phi) is 7.17. The molecule has 8 heteroatoms. The van der Waals surface area contributed by atoms with Crippen molar-refractivity contribution in [2.24, 2.45) is 0 Å². The highest BCUT2D eigenvalue weighted by Gasteiger charge is 2.25. The molecule has 0 saturated carbocycles.